The van der Waals surface area contributed by atoms with Crippen LogP contribution in [0.1, 0.15) is 19.4 Å². The van der Waals surface area contributed by atoms with Crippen molar-refractivity contribution >= 4 is 12.0 Å². The predicted molar refractivity (Wildman–Crippen MR) is 74.4 cm³/mol. The summed E-state index contributed by atoms with van der Waals surface area (Å²) in [5.41, 5.74) is 1.29. The molecule has 1 rings (SSSR count). The Morgan fingerprint density at radius 1 is 1.40 bits per heavy atom. The van der Waals surface area contributed by atoms with Crippen molar-refractivity contribution in [2.24, 2.45) is 0 Å². The third-order valence-corrected chi connectivity index (χ3v) is 2.46. The molecule has 0 fully saturated rings. The molecule has 1 aromatic rings. The molecule has 0 saturated heterocycles. The Hall–Kier alpha value is -2.48. The summed E-state index contributed by atoms with van der Waals surface area (Å²) in [5.74, 6) is 0.641. The summed E-state index contributed by atoms with van der Waals surface area (Å²) in [6.07, 6.45) is 1.70. The third-order valence-electron chi connectivity index (χ3n) is 2.46. The first-order valence-electron chi connectivity index (χ1n) is 6.15. The monoisotopic (exact) mass is 275 g/mol. The summed E-state index contributed by atoms with van der Waals surface area (Å²) >= 11 is 0. The number of rotatable bonds is 6. The van der Waals surface area contributed by atoms with E-state index >= 15 is 0 Å². The Balaban J connectivity index is 2.95. The molecule has 0 heterocycles. The molecule has 0 amide bonds. The molecular weight excluding hydrogens is 258 g/mol. The van der Waals surface area contributed by atoms with Crippen LogP contribution < -0.4 is 9.47 Å². The number of carbonyl (C=O) groups excluding carboxylic acids is 1. The fourth-order valence-corrected chi connectivity index (χ4v) is 1.56. The molecule has 1 aromatic carbocycles. The number of carbonyl (C=O) groups is 1. The first-order valence-corrected chi connectivity index (χ1v) is 6.15. The Labute approximate surface area is 118 Å². The number of nitriles is 1. The predicted octanol–water partition coefficient (Wildman–Crippen LogP) is 2.56. The maximum atomic E-state index is 11.5. The lowest BCUT2D eigenvalue weighted by Crippen LogP contribution is -2.04. The van der Waals surface area contributed by atoms with Gasteiger partial charge in [-0.2, -0.15) is 5.26 Å². The summed E-state index contributed by atoms with van der Waals surface area (Å²) in [6, 6.07) is 7.09. The molecule has 0 unspecified atom stereocenters. The lowest BCUT2D eigenvalue weighted by Gasteiger charge is -2.09. The highest BCUT2D eigenvalue weighted by atomic mass is 16.5. The second kappa shape index (κ2) is 7.85. The van der Waals surface area contributed by atoms with Gasteiger partial charge in [-0.15, -0.1) is 0 Å². The summed E-state index contributed by atoms with van der Waals surface area (Å²) in [5, 5.41) is 8.50. The number of hydrogen-bond acceptors (Lipinski definition) is 5. The molecule has 106 valence electrons. The first kappa shape index (κ1) is 15.6. The number of esters is 1. The van der Waals surface area contributed by atoms with Crippen molar-refractivity contribution in [1.29, 1.82) is 5.26 Å². The lowest BCUT2D eigenvalue weighted by molar-refractivity contribution is -0.138. The molecule has 0 aromatic heterocycles. The van der Waals surface area contributed by atoms with Crippen molar-refractivity contribution in [2.75, 3.05) is 20.3 Å². The summed E-state index contributed by atoms with van der Waals surface area (Å²) in [4.78, 5) is 11.5. The Morgan fingerprint density at radius 3 is 2.75 bits per heavy atom. The van der Waals surface area contributed by atoms with Crippen LogP contribution in [0.3, 0.4) is 0 Å². The zero-order valence-electron chi connectivity index (χ0n) is 11.8. The van der Waals surface area contributed by atoms with E-state index in [-0.39, 0.29) is 12.6 Å². The van der Waals surface area contributed by atoms with Crippen molar-refractivity contribution in [1.82, 2.24) is 0 Å². The maximum Gasteiger partial charge on any atom is 0.333 e. The fraction of sp³-hybridized carbons (Fsp3) is 0.333. The zero-order chi connectivity index (χ0) is 15.0. The number of benzene rings is 1. The van der Waals surface area contributed by atoms with E-state index in [9.17, 15) is 4.79 Å². The Kier molecular flexibility index (Phi) is 6.11. The van der Waals surface area contributed by atoms with Gasteiger partial charge in [0.15, 0.2) is 18.1 Å². The average molecular weight is 275 g/mol. The first-order chi connectivity index (χ1) is 9.62. The molecule has 0 aliphatic heterocycles. The van der Waals surface area contributed by atoms with Gasteiger partial charge < -0.3 is 14.2 Å². The molecule has 5 nitrogen and oxygen atoms in total. The standard InChI is InChI=1S/C15H17NO4/c1-4-19-15(17)11(2)9-12-5-6-13(20-8-7-16)14(10-12)18-3/h5-6,9-10H,4,8H2,1-3H3/b11-9+. The van der Waals surface area contributed by atoms with E-state index in [4.69, 9.17) is 19.5 Å². The molecule has 0 bridgehead atoms. The lowest BCUT2D eigenvalue weighted by atomic mass is 10.1. The van der Waals surface area contributed by atoms with E-state index in [2.05, 4.69) is 0 Å². The highest BCUT2D eigenvalue weighted by Crippen LogP contribution is 2.28. The quantitative estimate of drug-likeness (QED) is 0.589. The van der Waals surface area contributed by atoms with Crippen LogP contribution in [0.25, 0.3) is 6.08 Å². The minimum atomic E-state index is -0.351. The molecule has 20 heavy (non-hydrogen) atoms. The van der Waals surface area contributed by atoms with Gasteiger partial charge in [0.2, 0.25) is 0 Å². The van der Waals surface area contributed by atoms with Crippen LogP contribution in [0.2, 0.25) is 0 Å². The minimum Gasteiger partial charge on any atom is -0.493 e. The highest BCUT2D eigenvalue weighted by Gasteiger charge is 2.07. The van der Waals surface area contributed by atoms with Gasteiger partial charge in [0.25, 0.3) is 0 Å². The molecule has 0 radical (unpaired) electrons. The van der Waals surface area contributed by atoms with Crippen molar-refractivity contribution < 1.29 is 19.0 Å². The van der Waals surface area contributed by atoms with Crippen LogP contribution in [0.5, 0.6) is 11.5 Å². The SMILES string of the molecule is CCOC(=O)/C(C)=C/c1ccc(OCC#N)c(OC)c1. The van der Waals surface area contributed by atoms with Crippen LogP contribution in [0.15, 0.2) is 23.8 Å². The van der Waals surface area contributed by atoms with Crippen LogP contribution >= 0.6 is 0 Å². The van der Waals surface area contributed by atoms with E-state index < -0.39 is 0 Å². The van der Waals surface area contributed by atoms with Crippen molar-refractivity contribution in [2.45, 2.75) is 13.8 Å². The van der Waals surface area contributed by atoms with Crippen molar-refractivity contribution in [3.63, 3.8) is 0 Å². The van der Waals surface area contributed by atoms with Gasteiger partial charge in [0.1, 0.15) is 6.07 Å². The van der Waals surface area contributed by atoms with E-state index in [0.29, 0.717) is 23.7 Å². The highest BCUT2D eigenvalue weighted by molar-refractivity contribution is 5.93. The fourth-order valence-electron chi connectivity index (χ4n) is 1.56. The van der Waals surface area contributed by atoms with Gasteiger partial charge in [-0.05, 0) is 37.6 Å². The van der Waals surface area contributed by atoms with E-state index in [1.807, 2.05) is 6.07 Å². The van der Waals surface area contributed by atoms with Gasteiger partial charge in [-0.1, -0.05) is 6.07 Å². The number of hydrogen-bond donors (Lipinski definition) is 0. The van der Waals surface area contributed by atoms with Crippen molar-refractivity contribution in [3.8, 4) is 17.6 Å². The Morgan fingerprint density at radius 2 is 2.15 bits per heavy atom. The second-order valence-corrected chi connectivity index (χ2v) is 3.90. The van der Waals surface area contributed by atoms with E-state index in [1.165, 1.54) is 7.11 Å². The normalized spacial score (nSPS) is 10.6. The van der Waals surface area contributed by atoms with Gasteiger partial charge in [0.05, 0.1) is 13.7 Å². The van der Waals surface area contributed by atoms with Gasteiger partial charge >= 0.3 is 5.97 Å². The van der Waals surface area contributed by atoms with Gasteiger partial charge in [0, 0.05) is 5.57 Å². The Bertz CT molecular complexity index is 543. The minimum absolute atomic E-state index is 0.0482. The second-order valence-electron chi connectivity index (χ2n) is 3.90. The van der Waals surface area contributed by atoms with Crippen LogP contribution in [0, 0.1) is 11.3 Å². The number of methoxy groups -OCH3 is 1. The topological polar surface area (TPSA) is 68.5 Å². The summed E-state index contributed by atoms with van der Waals surface area (Å²) in [7, 11) is 1.51. The van der Waals surface area contributed by atoms with E-state index in [0.717, 1.165) is 5.56 Å². The molecule has 0 aliphatic carbocycles. The van der Waals surface area contributed by atoms with Crippen LogP contribution in [-0.4, -0.2) is 26.3 Å². The molecule has 0 atom stereocenters. The molecule has 5 heteroatoms. The van der Waals surface area contributed by atoms with E-state index in [1.54, 1.807) is 38.1 Å². The molecular formula is C15H17NO4. The van der Waals surface area contributed by atoms with Gasteiger partial charge in [-0.3, -0.25) is 0 Å². The molecule has 0 aliphatic rings. The summed E-state index contributed by atoms with van der Waals surface area (Å²) in [6.45, 7) is 3.74. The maximum absolute atomic E-state index is 11.5. The largest absolute Gasteiger partial charge is 0.493 e. The molecule has 0 spiro atoms. The molecule has 0 saturated carbocycles. The smallest absolute Gasteiger partial charge is 0.333 e. The van der Waals surface area contributed by atoms with Crippen molar-refractivity contribution in [3.05, 3.63) is 29.3 Å². The third kappa shape index (κ3) is 4.32. The average Bonchev–Trinajstić information content (AvgIpc) is 2.45. The number of nitrogens with zero attached hydrogens (tertiary/aromatic N) is 1. The molecule has 0 N–H and O–H groups in total. The van der Waals surface area contributed by atoms with Gasteiger partial charge in [-0.25, -0.2) is 4.79 Å². The number of ether oxygens (including phenoxy) is 3. The van der Waals surface area contributed by atoms with Crippen LogP contribution in [-0.2, 0) is 9.53 Å². The zero-order valence-corrected chi connectivity index (χ0v) is 11.8. The summed E-state index contributed by atoms with van der Waals surface area (Å²) < 4.78 is 15.3. The van der Waals surface area contributed by atoms with Crippen LogP contribution in [0.4, 0.5) is 0 Å².